The van der Waals surface area contributed by atoms with Crippen molar-refractivity contribution >= 4 is 11.7 Å². The number of aromatic nitrogens is 2. The number of nitrogens with one attached hydrogen (secondary N) is 2. The first-order valence-electron chi connectivity index (χ1n) is 9.12. The van der Waals surface area contributed by atoms with Gasteiger partial charge in [-0.3, -0.25) is 4.68 Å². The average molecular weight is 404 g/mol. The Kier molecular flexibility index (Phi) is 4.45. The molecule has 2 N–H and O–H groups in total. The van der Waals surface area contributed by atoms with E-state index in [1.807, 2.05) is 0 Å². The lowest BCUT2D eigenvalue weighted by molar-refractivity contribution is -0.0465. The Balaban J connectivity index is 1.79. The molecule has 1 aromatic heterocycles. The van der Waals surface area contributed by atoms with Crippen LogP contribution in [0.25, 0.3) is 0 Å². The quantitative estimate of drug-likeness (QED) is 0.767. The van der Waals surface area contributed by atoms with Gasteiger partial charge in [-0.25, -0.2) is 18.0 Å². The molecule has 152 valence electrons. The molecule has 29 heavy (non-hydrogen) atoms. The highest BCUT2D eigenvalue weighted by Gasteiger charge is 2.55. The summed E-state index contributed by atoms with van der Waals surface area (Å²) in [5, 5.41) is 8.83. The predicted octanol–water partition coefficient (Wildman–Crippen LogP) is 3.48. The van der Waals surface area contributed by atoms with E-state index in [9.17, 15) is 18.0 Å². The van der Waals surface area contributed by atoms with Crippen LogP contribution >= 0.6 is 0 Å². The molecule has 9 heteroatoms. The highest BCUT2D eigenvalue weighted by atomic mass is 19.3. The van der Waals surface area contributed by atoms with Gasteiger partial charge in [-0.2, -0.15) is 0 Å². The molecule has 1 aromatic carbocycles. The minimum Gasteiger partial charge on any atom is -0.480 e. The third kappa shape index (κ3) is 3.50. The van der Waals surface area contributed by atoms with Crippen LogP contribution in [-0.4, -0.2) is 28.8 Å². The normalized spacial score (nSPS) is 20.8. The van der Waals surface area contributed by atoms with Gasteiger partial charge >= 0.3 is 6.03 Å². The number of nitrogens with zero attached hydrogens (tertiary/aromatic N) is 2. The van der Waals surface area contributed by atoms with Gasteiger partial charge in [0.2, 0.25) is 5.88 Å². The van der Waals surface area contributed by atoms with Crippen molar-refractivity contribution in [2.45, 2.75) is 37.8 Å². The van der Waals surface area contributed by atoms with E-state index in [1.165, 1.54) is 17.9 Å². The maximum absolute atomic E-state index is 14.9. The molecular formula is C20H19F3N4O2. The first-order valence-corrected chi connectivity index (χ1v) is 9.12. The SMILES string of the molecule is COc1ccn(Cc2cc3c(cc2F)[C@@](C#CC2CC2)(C(C)(F)F)NC(=O)N3)n1. The Bertz CT molecular complexity index is 1030. The maximum atomic E-state index is 14.9. The van der Waals surface area contributed by atoms with E-state index in [0.717, 1.165) is 18.9 Å². The molecule has 0 unspecified atom stereocenters. The van der Waals surface area contributed by atoms with Crippen molar-refractivity contribution in [1.82, 2.24) is 15.1 Å². The Morgan fingerprint density at radius 2 is 2.17 bits per heavy atom. The van der Waals surface area contributed by atoms with Crippen LogP contribution < -0.4 is 15.4 Å². The van der Waals surface area contributed by atoms with Crippen LogP contribution in [-0.2, 0) is 12.1 Å². The van der Waals surface area contributed by atoms with E-state index < -0.39 is 23.3 Å². The largest absolute Gasteiger partial charge is 0.480 e. The van der Waals surface area contributed by atoms with Crippen molar-refractivity contribution < 1.29 is 22.7 Å². The van der Waals surface area contributed by atoms with Gasteiger partial charge in [0.25, 0.3) is 5.92 Å². The molecule has 1 aliphatic carbocycles. The van der Waals surface area contributed by atoms with E-state index >= 15 is 0 Å². The van der Waals surface area contributed by atoms with E-state index in [0.29, 0.717) is 12.8 Å². The van der Waals surface area contributed by atoms with Crippen molar-refractivity contribution in [2.24, 2.45) is 5.92 Å². The first-order chi connectivity index (χ1) is 13.7. The van der Waals surface area contributed by atoms with Gasteiger partial charge in [-0.05, 0) is 25.0 Å². The number of methoxy groups -OCH3 is 1. The fourth-order valence-corrected chi connectivity index (χ4v) is 3.25. The number of alkyl halides is 2. The molecule has 1 saturated carbocycles. The van der Waals surface area contributed by atoms with E-state index in [2.05, 4.69) is 27.6 Å². The number of anilines is 1. The number of carbonyl (C=O) groups is 1. The fourth-order valence-electron chi connectivity index (χ4n) is 3.25. The molecule has 6 nitrogen and oxygen atoms in total. The summed E-state index contributed by atoms with van der Waals surface area (Å²) in [7, 11) is 1.46. The highest BCUT2D eigenvalue weighted by Crippen LogP contribution is 2.44. The summed E-state index contributed by atoms with van der Waals surface area (Å²) in [4.78, 5) is 12.2. The number of halogens is 3. The van der Waals surface area contributed by atoms with Gasteiger partial charge in [0, 0.05) is 41.9 Å². The molecule has 1 atom stereocenters. The number of benzene rings is 1. The number of carbonyl (C=O) groups excluding carboxylic acids is 1. The number of fused-ring (bicyclic) bond motifs is 1. The zero-order chi connectivity index (χ0) is 20.8. The minimum absolute atomic E-state index is 0.0309. The summed E-state index contributed by atoms with van der Waals surface area (Å²) < 4.78 is 50.7. The number of hydrogen-bond donors (Lipinski definition) is 2. The van der Waals surface area contributed by atoms with E-state index in [4.69, 9.17) is 4.74 Å². The Morgan fingerprint density at radius 3 is 2.79 bits per heavy atom. The molecule has 0 radical (unpaired) electrons. The smallest absolute Gasteiger partial charge is 0.320 e. The molecule has 2 amide bonds. The van der Waals surface area contributed by atoms with Crippen molar-refractivity contribution in [1.29, 1.82) is 0 Å². The number of rotatable bonds is 4. The van der Waals surface area contributed by atoms with Gasteiger partial charge in [0.15, 0.2) is 5.54 Å². The van der Waals surface area contributed by atoms with Crippen LogP contribution in [0, 0.1) is 23.6 Å². The van der Waals surface area contributed by atoms with Gasteiger partial charge in [0.1, 0.15) is 5.82 Å². The number of amides is 2. The van der Waals surface area contributed by atoms with Crippen LogP contribution in [0.1, 0.15) is 30.9 Å². The topological polar surface area (TPSA) is 68.2 Å². The molecule has 0 bridgehead atoms. The van der Waals surface area contributed by atoms with Gasteiger partial charge < -0.3 is 15.4 Å². The molecular weight excluding hydrogens is 385 g/mol. The second-order valence-electron chi connectivity index (χ2n) is 7.31. The Morgan fingerprint density at radius 1 is 1.41 bits per heavy atom. The molecule has 2 heterocycles. The number of ether oxygens (including phenoxy) is 1. The molecule has 2 aliphatic rings. The summed E-state index contributed by atoms with van der Waals surface area (Å²) in [5.74, 6) is 1.61. The van der Waals surface area contributed by atoms with Crippen molar-refractivity contribution in [3.8, 4) is 17.7 Å². The van der Waals surface area contributed by atoms with Gasteiger partial charge in [-0.15, -0.1) is 5.10 Å². The third-order valence-electron chi connectivity index (χ3n) is 5.00. The standard InChI is InChI=1S/C20H19F3N4O2/c1-19(22,23)20(7-5-12-3-4-12)14-10-15(21)13(9-16(14)24-18(28)25-20)11-27-8-6-17(26-27)29-2/h6,8-10,12H,3-4,11H2,1-2H3,(H2,24,25,28)/t20-/m0/s1. The first kappa shape index (κ1) is 19.2. The third-order valence-corrected chi connectivity index (χ3v) is 5.00. The molecule has 1 fully saturated rings. The molecule has 1 aliphatic heterocycles. The second-order valence-corrected chi connectivity index (χ2v) is 7.31. The van der Waals surface area contributed by atoms with Crippen LogP contribution in [0.3, 0.4) is 0 Å². The summed E-state index contributed by atoms with van der Waals surface area (Å²) in [6.45, 7) is 0.709. The molecule has 0 saturated heterocycles. The van der Waals surface area contributed by atoms with Gasteiger partial charge in [-0.1, -0.05) is 11.8 Å². The fraction of sp³-hybridized carbons (Fsp3) is 0.400. The minimum atomic E-state index is -3.44. The average Bonchev–Trinajstić information content (AvgIpc) is 3.37. The summed E-state index contributed by atoms with van der Waals surface area (Å²) in [6.07, 6.45) is 3.26. The lowest BCUT2D eigenvalue weighted by Gasteiger charge is -2.40. The van der Waals surface area contributed by atoms with E-state index in [-0.39, 0.29) is 29.3 Å². The van der Waals surface area contributed by atoms with Crippen LogP contribution in [0.2, 0.25) is 0 Å². The number of hydrogen-bond acceptors (Lipinski definition) is 3. The zero-order valence-corrected chi connectivity index (χ0v) is 15.9. The molecule has 4 rings (SSSR count). The molecule has 0 spiro atoms. The second kappa shape index (κ2) is 6.72. The maximum Gasteiger partial charge on any atom is 0.320 e. The van der Waals surface area contributed by atoms with Crippen molar-refractivity contribution in [3.05, 3.63) is 41.3 Å². The lowest BCUT2D eigenvalue weighted by Crippen LogP contribution is -2.59. The molecule has 2 aromatic rings. The van der Waals surface area contributed by atoms with E-state index in [1.54, 1.807) is 12.3 Å². The van der Waals surface area contributed by atoms with Crippen LogP contribution in [0.15, 0.2) is 24.4 Å². The van der Waals surface area contributed by atoms with Crippen molar-refractivity contribution in [2.75, 3.05) is 12.4 Å². The predicted molar refractivity (Wildman–Crippen MR) is 99.2 cm³/mol. The van der Waals surface area contributed by atoms with Crippen LogP contribution in [0.4, 0.5) is 23.7 Å². The Labute approximate surface area is 165 Å². The van der Waals surface area contributed by atoms with Gasteiger partial charge in [0.05, 0.1) is 13.7 Å². The van der Waals surface area contributed by atoms with Crippen LogP contribution in [0.5, 0.6) is 5.88 Å². The highest BCUT2D eigenvalue weighted by molar-refractivity contribution is 5.95. The zero-order valence-electron chi connectivity index (χ0n) is 15.9. The van der Waals surface area contributed by atoms with Crippen molar-refractivity contribution in [3.63, 3.8) is 0 Å². The summed E-state index contributed by atoms with van der Waals surface area (Å²) in [6, 6.07) is 3.15. The Hall–Kier alpha value is -3.15. The summed E-state index contributed by atoms with van der Waals surface area (Å²) >= 11 is 0. The lowest BCUT2D eigenvalue weighted by atomic mass is 9.81. The number of urea groups is 1. The monoisotopic (exact) mass is 404 g/mol. The summed E-state index contributed by atoms with van der Waals surface area (Å²) in [5.41, 5.74) is -2.13.